The van der Waals surface area contributed by atoms with Gasteiger partial charge in [-0.1, -0.05) is 30.3 Å². The summed E-state index contributed by atoms with van der Waals surface area (Å²) in [6, 6.07) is 28.7. The highest BCUT2D eigenvalue weighted by molar-refractivity contribution is 7.17. The lowest BCUT2D eigenvalue weighted by molar-refractivity contribution is 0.103. The smallest absolute Gasteiger partial charge is 0.265 e. The van der Waals surface area contributed by atoms with E-state index in [1.54, 1.807) is 0 Å². The Balaban J connectivity index is 1.30. The lowest BCUT2D eigenvalue weighted by Gasteiger charge is -2.04. The molecule has 0 fully saturated rings. The van der Waals surface area contributed by atoms with E-state index in [1.807, 2.05) is 84.9 Å². The summed E-state index contributed by atoms with van der Waals surface area (Å²) in [7, 11) is 0. The zero-order chi connectivity index (χ0) is 22.6. The summed E-state index contributed by atoms with van der Waals surface area (Å²) in [5.41, 5.74) is 4.26. The first-order valence-corrected chi connectivity index (χ1v) is 11.5. The number of para-hydroxylation sites is 2. The van der Waals surface area contributed by atoms with E-state index in [1.165, 1.54) is 11.3 Å². The average Bonchev–Trinajstić information content (AvgIpc) is 3.49. The summed E-state index contributed by atoms with van der Waals surface area (Å²) in [4.78, 5) is 19.2. The first-order chi connectivity index (χ1) is 16.2. The predicted molar refractivity (Wildman–Crippen MR) is 134 cm³/mol. The summed E-state index contributed by atoms with van der Waals surface area (Å²) >= 11 is 1.44. The van der Waals surface area contributed by atoms with E-state index in [9.17, 15) is 4.79 Å². The van der Waals surface area contributed by atoms with Crippen molar-refractivity contribution in [2.75, 3.05) is 5.32 Å². The van der Waals surface area contributed by atoms with E-state index < -0.39 is 0 Å². The third-order valence-corrected chi connectivity index (χ3v) is 6.26. The molecule has 5 rings (SSSR count). The summed E-state index contributed by atoms with van der Waals surface area (Å²) in [5.74, 6) is 0.736. The number of nitrogens with one attached hydrogen (secondary N) is 1. The van der Waals surface area contributed by atoms with Crippen LogP contribution in [0.1, 0.15) is 16.6 Å². The van der Waals surface area contributed by atoms with Gasteiger partial charge in [-0.05, 0) is 67.6 Å². The van der Waals surface area contributed by atoms with Gasteiger partial charge < -0.3 is 9.88 Å². The van der Waals surface area contributed by atoms with Crippen molar-refractivity contribution in [3.05, 3.63) is 95.9 Å². The van der Waals surface area contributed by atoms with E-state index >= 15 is 0 Å². The number of fused-ring (bicyclic) bond motifs is 1. The normalized spacial score (nSPS) is 11.3. The zero-order valence-electron chi connectivity index (χ0n) is 18.0. The fraction of sp³-hybridized carbons (Fsp3) is 0.0769. The Morgan fingerprint density at radius 1 is 0.879 bits per heavy atom. The van der Waals surface area contributed by atoms with E-state index in [0.717, 1.165) is 34.0 Å². The maximum absolute atomic E-state index is 12.8. The van der Waals surface area contributed by atoms with E-state index in [-0.39, 0.29) is 5.91 Å². The molecule has 5 aromatic rings. The number of carbonyl (C=O) groups excluding carboxylic acids is 1. The van der Waals surface area contributed by atoms with Crippen LogP contribution >= 0.6 is 11.3 Å². The molecule has 0 aliphatic heterocycles. The lowest BCUT2D eigenvalue weighted by Crippen LogP contribution is -2.09. The standard InChI is InChI=1S/C26H21N5OS/c1-2-31-22-11-7-6-10-21(22)28-25(31)23-16-17-24(33-23)26(32)27-18-12-14-20(15-13-18)30-29-19-8-4-3-5-9-19/h3-17H,2H2,1H3,(H,27,32). The van der Waals surface area contributed by atoms with Crippen molar-refractivity contribution in [2.45, 2.75) is 13.5 Å². The molecule has 2 heterocycles. The molecule has 0 spiro atoms. The van der Waals surface area contributed by atoms with Crippen LogP contribution in [0.4, 0.5) is 17.1 Å². The minimum Gasteiger partial charge on any atom is -0.324 e. The molecule has 0 aliphatic carbocycles. The van der Waals surface area contributed by atoms with Gasteiger partial charge >= 0.3 is 0 Å². The molecule has 1 amide bonds. The fourth-order valence-corrected chi connectivity index (χ4v) is 4.48. The van der Waals surface area contributed by atoms with Gasteiger partial charge in [0, 0.05) is 12.2 Å². The van der Waals surface area contributed by atoms with Crippen molar-refractivity contribution < 1.29 is 4.79 Å². The molecule has 0 saturated heterocycles. The average molecular weight is 452 g/mol. The monoisotopic (exact) mass is 451 g/mol. The Morgan fingerprint density at radius 2 is 1.58 bits per heavy atom. The van der Waals surface area contributed by atoms with E-state index in [4.69, 9.17) is 4.98 Å². The summed E-state index contributed by atoms with van der Waals surface area (Å²) < 4.78 is 2.17. The topological polar surface area (TPSA) is 71.6 Å². The Morgan fingerprint density at radius 3 is 2.33 bits per heavy atom. The van der Waals surface area contributed by atoms with Crippen molar-refractivity contribution in [1.29, 1.82) is 0 Å². The van der Waals surface area contributed by atoms with E-state index in [0.29, 0.717) is 16.3 Å². The highest BCUT2D eigenvalue weighted by atomic mass is 32.1. The Hall–Kier alpha value is -4.10. The van der Waals surface area contributed by atoms with Crippen molar-refractivity contribution in [3.63, 3.8) is 0 Å². The molecule has 1 N–H and O–H groups in total. The minimum atomic E-state index is -0.149. The lowest BCUT2D eigenvalue weighted by atomic mass is 10.3. The van der Waals surface area contributed by atoms with Crippen LogP contribution in [-0.2, 0) is 6.54 Å². The Bertz CT molecular complexity index is 1430. The number of nitrogens with zero attached hydrogens (tertiary/aromatic N) is 4. The number of benzene rings is 3. The molecular formula is C26H21N5OS. The first-order valence-electron chi connectivity index (χ1n) is 10.6. The van der Waals surface area contributed by atoms with Gasteiger partial charge in [0.25, 0.3) is 5.91 Å². The van der Waals surface area contributed by atoms with Crippen LogP contribution < -0.4 is 5.32 Å². The molecule has 3 aromatic carbocycles. The van der Waals surface area contributed by atoms with Crippen LogP contribution in [0.3, 0.4) is 0 Å². The van der Waals surface area contributed by atoms with Crippen LogP contribution in [0.5, 0.6) is 0 Å². The molecule has 6 nitrogen and oxygen atoms in total. The fourth-order valence-electron chi connectivity index (χ4n) is 3.58. The van der Waals surface area contributed by atoms with Crippen molar-refractivity contribution in [1.82, 2.24) is 9.55 Å². The van der Waals surface area contributed by atoms with Gasteiger partial charge in [0.15, 0.2) is 5.82 Å². The molecule has 0 atom stereocenters. The number of hydrogen-bond donors (Lipinski definition) is 1. The number of thiophene rings is 1. The Kier molecular flexibility index (Phi) is 5.78. The Labute approximate surface area is 195 Å². The summed E-state index contributed by atoms with van der Waals surface area (Å²) in [6.07, 6.45) is 0. The molecule has 0 unspecified atom stereocenters. The zero-order valence-corrected chi connectivity index (χ0v) is 18.8. The second-order valence-corrected chi connectivity index (χ2v) is 8.45. The van der Waals surface area contributed by atoms with Crippen LogP contribution in [-0.4, -0.2) is 15.5 Å². The van der Waals surface area contributed by atoms with Crippen LogP contribution in [0.25, 0.3) is 21.7 Å². The van der Waals surface area contributed by atoms with Crippen LogP contribution in [0.2, 0.25) is 0 Å². The number of imidazole rings is 1. The number of aryl methyl sites for hydroxylation is 1. The number of anilines is 1. The van der Waals surface area contributed by atoms with Gasteiger partial charge in [0.2, 0.25) is 0 Å². The van der Waals surface area contributed by atoms with Gasteiger partial charge in [0.1, 0.15) is 0 Å². The first kappa shape index (κ1) is 20.8. The largest absolute Gasteiger partial charge is 0.324 e. The van der Waals surface area contributed by atoms with Gasteiger partial charge in [0.05, 0.1) is 32.2 Å². The quantitative estimate of drug-likeness (QED) is 0.272. The van der Waals surface area contributed by atoms with Gasteiger partial charge in [-0.15, -0.1) is 11.3 Å². The van der Waals surface area contributed by atoms with Crippen molar-refractivity contribution in [2.24, 2.45) is 10.2 Å². The molecule has 2 aromatic heterocycles. The minimum absolute atomic E-state index is 0.149. The van der Waals surface area contributed by atoms with E-state index in [2.05, 4.69) is 33.1 Å². The number of azo groups is 1. The maximum Gasteiger partial charge on any atom is 0.265 e. The number of amides is 1. The highest BCUT2D eigenvalue weighted by Crippen LogP contribution is 2.31. The van der Waals surface area contributed by atoms with Crippen molar-refractivity contribution in [3.8, 4) is 10.7 Å². The highest BCUT2D eigenvalue weighted by Gasteiger charge is 2.16. The summed E-state index contributed by atoms with van der Waals surface area (Å²) in [5, 5.41) is 11.4. The number of rotatable bonds is 6. The predicted octanol–water partition coefficient (Wildman–Crippen LogP) is 7.45. The number of hydrogen-bond acceptors (Lipinski definition) is 5. The molecule has 7 heteroatoms. The molecular weight excluding hydrogens is 430 g/mol. The second kappa shape index (κ2) is 9.18. The third-order valence-electron chi connectivity index (χ3n) is 5.18. The van der Waals surface area contributed by atoms with Crippen LogP contribution in [0, 0.1) is 0 Å². The number of aromatic nitrogens is 2. The number of carbonyl (C=O) groups is 1. The maximum atomic E-state index is 12.8. The molecule has 0 bridgehead atoms. The third kappa shape index (κ3) is 4.44. The second-order valence-electron chi connectivity index (χ2n) is 7.37. The SMILES string of the molecule is CCn1c(-c2ccc(C(=O)Nc3ccc(N=Nc4ccccc4)cc3)s2)nc2ccccc21. The molecule has 33 heavy (non-hydrogen) atoms. The molecule has 0 aliphatic rings. The van der Waals surface area contributed by atoms with Gasteiger partial charge in [-0.2, -0.15) is 10.2 Å². The summed E-state index contributed by atoms with van der Waals surface area (Å²) in [6.45, 7) is 2.91. The van der Waals surface area contributed by atoms with Gasteiger partial charge in [-0.3, -0.25) is 4.79 Å². The molecule has 162 valence electrons. The van der Waals surface area contributed by atoms with Crippen LogP contribution in [0.15, 0.2) is 101 Å². The van der Waals surface area contributed by atoms with Crippen molar-refractivity contribution >= 4 is 45.3 Å². The van der Waals surface area contributed by atoms with Gasteiger partial charge in [-0.25, -0.2) is 4.98 Å². The molecule has 0 saturated carbocycles. The molecule has 0 radical (unpaired) electrons.